The first-order chi connectivity index (χ1) is 6.40. The van der Waals surface area contributed by atoms with E-state index in [1.54, 1.807) is 0 Å². The van der Waals surface area contributed by atoms with Crippen molar-refractivity contribution in [1.82, 2.24) is 0 Å². The average Bonchev–Trinajstić information content (AvgIpc) is 2.02. The first-order valence-corrected chi connectivity index (χ1v) is 4.86. The highest BCUT2D eigenvalue weighted by Gasteiger charge is 2.29. The molecule has 0 saturated heterocycles. The van der Waals surface area contributed by atoms with Crippen LogP contribution in [0.2, 0.25) is 0 Å². The van der Waals surface area contributed by atoms with Gasteiger partial charge in [0, 0.05) is 0 Å². The largest absolute Gasteiger partial charge is 0.463 e. The number of esters is 1. The number of carbonyl (C=O) groups excluding carboxylic acids is 1. The Balaban J connectivity index is 4.00. The second-order valence-electron chi connectivity index (χ2n) is 4.47. The second-order valence-corrected chi connectivity index (χ2v) is 4.47. The van der Waals surface area contributed by atoms with Crippen LogP contribution in [-0.2, 0) is 9.53 Å². The molecule has 0 aromatic rings. The number of carbonyl (C=O) groups is 1. The molecule has 4 nitrogen and oxygen atoms in total. The van der Waals surface area contributed by atoms with Crippen molar-refractivity contribution in [1.29, 1.82) is 0 Å². The van der Waals surface area contributed by atoms with Gasteiger partial charge in [0.25, 0.3) is 0 Å². The summed E-state index contributed by atoms with van der Waals surface area (Å²) in [5, 5.41) is 2.62. The Morgan fingerprint density at radius 3 is 2.43 bits per heavy atom. The summed E-state index contributed by atoms with van der Waals surface area (Å²) >= 11 is 0. The Kier molecular flexibility index (Phi) is 5.35. The van der Waals surface area contributed by atoms with E-state index in [1.165, 1.54) is 0 Å². The Bertz CT molecular complexity index is 200. The number of hydrogen-bond acceptors (Lipinski definition) is 4. The van der Waals surface area contributed by atoms with Gasteiger partial charge < -0.3 is 4.74 Å². The van der Waals surface area contributed by atoms with Crippen molar-refractivity contribution in [2.45, 2.75) is 34.1 Å². The monoisotopic (exact) mass is 201 g/mol. The van der Waals surface area contributed by atoms with Crippen LogP contribution in [0.15, 0.2) is 5.18 Å². The van der Waals surface area contributed by atoms with Crippen molar-refractivity contribution in [3.05, 3.63) is 4.91 Å². The maximum Gasteiger partial charge on any atom is 0.311 e. The highest BCUT2D eigenvalue weighted by Crippen LogP contribution is 2.26. The molecule has 82 valence electrons. The van der Waals surface area contributed by atoms with E-state index in [2.05, 4.69) is 19.0 Å². The molecule has 0 N–H and O–H groups in total. The van der Waals surface area contributed by atoms with Crippen molar-refractivity contribution in [3.8, 4) is 0 Å². The van der Waals surface area contributed by atoms with Gasteiger partial charge in [0.05, 0.1) is 5.41 Å². The molecule has 0 amide bonds. The van der Waals surface area contributed by atoms with Crippen molar-refractivity contribution in [2.24, 2.45) is 16.5 Å². The fraction of sp³-hybridized carbons (Fsp3) is 0.900. The molecule has 0 spiro atoms. The van der Waals surface area contributed by atoms with Gasteiger partial charge >= 0.3 is 5.97 Å². The minimum atomic E-state index is -0.475. The zero-order valence-corrected chi connectivity index (χ0v) is 9.37. The van der Waals surface area contributed by atoms with Gasteiger partial charge in [-0.2, -0.15) is 4.91 Å². The molecule has 0 bridgehead atoms. The molecule has 0 radical (unpaired) electrons. The zero-order chi connectivity index (χ0) is 11.2. The molecular formula is C10H19NO3. The first-order valence-electron chi connectivity index (χ1n) is 4.86. The molecule has 0 aromatic carbocycles. The van der Waals surface area contributed by atoms with E-state index in [1.807, 2.05) is 13.8 Å². The quantitative estimate of drug-likeness (QED) is 0.376. The van der Waals surface area contributed by atoms with E-state index in [-0.39, 0.29) is 19.1 Å². The third kappa shape index (κ3) is 4.94. The van der Waals surface area contributed by atoms with E-state index in [0.717, 1.165) is 6.42 Å². The summed E-state index contributed by atoms with van der Waals surface area (Å²) in [7, 11) is 0. The highest BCUT2D eigenvalue weighted by molar-refractivity contribution is 5.75. The molecule has 0 fully saturated rings. The predicted molar refractivity (Wildman–Crippen MR) is 54.9 cm³/mol. The lowest BCUT2D eigenvalue weighted by Crippen LogP contribution is -2.28. The molecule has 0 saturated carbocycles. The maximum atomic E-state index is 11.5. The Labute approximate surface area is 85.0 Å². The van der Waals surface area contributed by atoms with Gasteiger partial charge in [0.15, 0.2) is 0 Å². The smallest absolute Gasteiger partial charge is 0.311 e. The van der Waals surface area contributed by atoms with E-state index in [9.17, 15) is 9.70 Å². The third-order valence-electron chi connectivity index (χ3n) is 1.89. The van der Waals surface area contributed by atoms with Crippen molar-refractivity contribution in [3.63, 3.8) is 0 Å². The van der Waals surface area contributed by atoms with E-state index >= 15 is 0 Å². The standard InChI is InChI=1S/C10H19NO3/c1-8(2)7-10(3,4)9(12)14-6-5-11-13/h8H,5-7H2,1-4H3. The topological polar surface area (TPSA) is 55.7 Å². The normalized spacial score (nSPS) is 11.5. The van der Waals surface area contributed by atoms with Gasteiger partial charge in [-0.15, -0.1) is 0 Å². The number of nitrogens with zero attached hydrogens (tertiary/aromatic N) is 1. The number of hydrogen-bond donors (Lipinski definition) is 0. The molecule has 0 atom stereocenters. The predicted octanol–water partition coefficient (Wildman–Crippen LogP) is 2.37. The van der Waals surface area contributed by atoms with Gasteiger partial charge in [-0.3, -0.25) is 4.79 Å². The van der Waals surface area contributed by atoms with Gasteiger partial charge in [-0.1, -0.05) is 19.0 Å². The lowest BCUT2D eigenvalue weighted by atomic mass is 9.84. The van der Waals surface area contributed by atoms with E-state index in [0.29, 0.717) is 5.92 Å². The number of rotatable bonds is 6. The van der Waals surface area contributed by atoms with Crippen LogP contribution < -0.4 is 0 Å². The second kappa shape index (κ2) is 5.73. The van der Waals surface area contributed by atoms with E-state index < -0.39 is 5.41 Å². The molecule has 0 aromatic heterocycles. The summed E-state index contributed by atoms with van der Waals surface area (Å²) in [6.07, 6.45) is 0.778. The minimum absolute atomic E-state index is 0.0312. The molecule has 0 aliphatic carbocycles. The molecule has 0 aliphatic heterocycles. The fourth-order valence-corrected chi connectivity index (χ4v) is 1.47. The maximum absolute atomic E-state index is 11.5. The van der Waals surface area contributed by atoms with Gasteiger partial charge in [0.1, 0.15) is 13.2 Å². The summed E-state index contributed by atoms with van der Waals surface area (Å²) in [5.74, 6) is 0.191. The number of nitroso groups, excluding NO2 is 1. The summed E-state index contributed by atoms with van der Waals surface area (Å²) in [6, 6.07) is 0. The summed E-state index contributed by atoms with van der Waals surface area (Å²) in [4.78, 5) is 21.3. The molecular weight excluding hydrogens is 182 g/mol. The fourth-order valence-electron chi connectivity index (χ4n) is 1.47. The average molecular weight is 201 g/mol. The van der Waals surface area contributed by atoms with Crippen LogP contribution in [0.1, 0.15) is 34.1 Å². The van der Waals surface area contributed by atoms with Crippen LogP contribution in [0.4, 0.5) is 0 Å². The molecule has 0 rings (SSSR count). The molecule has 0 aliphatic rings. The first kappa shape index (κ1) is 13.1. The van der Waals surface area contributed by atoms with Gasteiger partial charge in [0.2, 0.25) is 0 Å². The van der Waals surface area contributed by atoms with Crippen molar-refractivity contribution < 1.29 is 9.53 Å². The zero-order valence-electron chi connectivity index (χ0n) is 9.37. The van der Waals surface area contributed by atoms with Gasteiger partial charge in [-0.25, -0.2) is 0 Å². The highest BCUT2D eigenvalue weighted by atomic mass is 16.5. The summed E-state index contributed by atoms with van der Waals surface area (Å²) < 4.78 is 4.92. The van der Waals surface area contributed by atoms with Crippen LogP contribution in [0, 0.1) is 16.2 Å². The molecule has 0 heterocycles. The third-order valence-corrected chi connectivity index (χ3v) is 1.89. The van der Waals surface area contributed by atoms with Crippen molar-refractivity contribution >= 4 is 5.97 Å². The molecule has 0 unspecified atom stereocenters. The Morgan fingerprint density at radius 2 is 2.00 bits per heavy atom. The lowest BCUT2D eigenvalue weighted by molar-refractivity contribution is -0.154. The molecule has 4 heteroatoms. The molecule has 14 heavy (non-hydrogen) atoms. The van der Waals surface area contributed by atoms with Crippen LogP contribution in [0.3, 0.4) is 0 Å². The van der Waals surface area contributed by atoms with Crippen LogP contribution in [-0.4, -0.2) is 19.1 Å². The lowest BCUT2D eigenvalue weighted by Gasteiger charge is -2.24. The Hall–Kier alpha value is -0.930. The van der Waals surface area contributed by atoms with Crippen LogP contribution in [0.25, 0.3) is 0 Å². The van der Waals surface area contributed by atoms with Crippen LogP contribution in [0.5, 0.6) is 0 Å². The SMILES string of the molecule is CC(C)CC(C)(C)C(=O)OCCN=O. The Morgan fingerprint density at radius 1 is 1.43 bits per heavy atom. The minimum Gasteiger partial charge on any atom is -0.463 e. The summed E-state index contributed by atoms with van der Waals surface area (Å²) in [5.41, 5.74) is -0.475. The van der Waals surface area contributed by atoms with Gasteiger partial charge in [-0.05, 0) is 26.2 Å². The summed E-state index contributed by atoms with van der Waals surface area (Å²) in [6.45, 7) is 7.94. The number of ether oxygens (including phenoxy) is 1. The van der Waals surface area contributed by atoms with Crippen LogP contribution >= 0.6 is 0 Å². The van der Waals surface area contributed by atoms with E-state index in [4.69, 9.17) is 4.74 Å². The van der Waals surface area contributed by atoms with Crippen molar-refractivity contribution in [2.75, 3.05) is 13.2 Å².